The topological polar surface area (TPSA) is 83.6 Å². The molecule has 1 fully saturated rings. The Hall–Kier alpha value is -1.26. The second-order valence-electron chi connectivity index (χ2n) is 3.81. The van der Waals surface area contributed by atoms with Crippen LogP contribution in [0.1, 0.15) is 19.8 Å². The molecule has 1 rings (SSSR count). The van der Waals surface area contributed by atoms with Crippen molar-refractivity contribution in [1.29, 1.82) is 0 Å². The molecule has 3 N–H and O–H groups in total. The van der Waals surface area contributed by atoms with Crippen LogP contribution < -0.4 is 5.73 Å². The lowest BCUT2D eigenvalue weighted by molar-refractivity contribution is -0.143. The third kappa shape index (κ3) is 2.37. The van der Waals surface area contributed by atoms with Crippen LogP contribution in [-0.4, -0.2) is 35.1 Å². The van der Waals surface area contributed by atoms with Gasteiger partial charge in [-0.3, -0.25) is 4.79 Å². The Morgan fingerprint density at radius 1 is 1.57 bits per heavy atom. The number of amides is 2. The maximum absolute atomic E-state index is 10.9. The van der Waals surface area contributed by atoms with Crippen molar-refractivity contribution in [2.24, 2.45) is 17.6 Å². The van der Waals surface area contributed by atoms with Crippen LogP contribution in [0.4, 0.5) is 4.79 Å². The Morgan fingerprint density at radius 3 is 2.71 bits per heavy atom. The molecule has 0 spiro atoms. The first kappa shape index (κ1) is 10.8. The van der Waals surface area contributed by atoms with E-state index < -0.39 is 17.9 Å². The van der Waals surface area contributed by atoms with Crippen molar-refractivity contribution in [3.05, 3.63) is 0 Å². The number of piperidine rings is 1. The lowest BCUT2D eigenvalue weighted by Gasteiger charge is -2.33. The zero-order valence-corrected chi connectivity index (χ0v) is 8.27. The lowest BCUT2D eigenvalue weighted by Crippen LogP contribution is -2.45. The molecule has 1 aliphatic rings. The largest absolute Gasteiger partial charge is 0.481 e. The van der Waals surface area contributed by atoms with E-state index in [-0.39, 0.29) is 5.92 Å². The van der Waals surface area contributed by atoms with E-state index >= 15 is 0 Å². The molecule has 0 aromatic rings. The van der Waals surface area contributed by atoms with Gasteiger partial charge in [0.25, 0.3) is 0 Å². The Morgan fingerprint density at radius 2 is 2.21 bits per heavy atom. The summed E-state index contributed by atoms with van der Waals surface area (Å²) < 4.78 is 0. The highest BCUT2D eigenvalue weighted by Crippen LogP contribution is 2.23. The number of nitrogens with two attached hydrogens (primary N) is 1. The molecule has 0 bridgehead atoms. The fourth-order valence-corrected chi connectivity index (χ4v) is 1.82. The molecule has 2 atom stereocenters. The monoisotopic (exact) mass is 200 g/mol. The highest BCUT2D eigenvalue weighted by atomic mass is 16.4. The number of primary amides is 1. The molecule has 5 nitrogen and oxygen atoms in total. The number of likely N-dealkylation sites (tertiary alicyclic amines) is 1. The standard InChI is InChI=1S/C9H16N2O3/c1-6(8(12)13)7-3-2-4-11(5-7)9(10)14/h6-7H,2-5H2,1H3,(H2,10,14)(H,12,13). The van der Waals surface area contributed by atoms with E-state index in [9.17, 15) is 9.59 Å². The summed E-state index contributed by atoms with van der Waals surface area (Å²) in [5, 5.41) is 8.82. The zero-order chi connectivity index (χ0) is 10.7. The molecular formula is C9H16N2O3. The molecule has 0 radical (unpaired) electrons. The van der Waals surface area contributed by atoms with Gasteiger partial charge in [0, 0.05) is 13.1 Å². The summed E-state index contributed by atoms with van der Waals surface area (Å²) in [5.41, 5.74) is 5.15. The van der Waals surface area contributed by atoms with Gasteiger partial charge in [-0.25, -0.2) is 4.79 Å². The maximum atomic E-state index is 10.9. The summed E-state index contributed by atoms with van der Waals surface area (Å²) in [5.74, 6) is -1.17. The van der Waals surface area contributed by atoms with Gasteiger partial charge in [0.2, 0.25) is 0 Å². The predicted molar refractivity (Wildman–Crippen MR) is 50.7 cm³/mol. The molecule has 1 saturated heterocycles. The van der Waals surface area contributed by atoms with Gasteiger partial charge in [-0.15, -0.1) is 0 Å². The molecule has 0 aromatic heterocycles. The number of carbonyl (C=O) groups is 2. The number of hydrogen-bond acceptors (Lipinski definition) is 2. The molecule has 2 amide bonds. The zero-order valence-electron chi connectivity index (χ0n) is 8.27. The smallest absolute Gasteiger partial charge is 0.314 e. The second kappa shape index (κ2) is 4.30. The molecule has 80 valence electrons. The first-order valence-corrected chi connectivity index (χ1v) is 4.79. The lowest BCUT2D eigenvalue weighted by atomic mass is 9.87. The van der Waals surface area contributed by atoms with Gasteiger partial charge in [-0.1, -0.05) is 6.92 Å². The van der Waals surface area contributed by atoms with E-state index in [4.69, 9.17) is 10.8 Å². The van der Waals surface area contributed by atoms with Crippen molar-refractivity contribution in [2.75, 3.05) is 13.1 Å². The fraction of sp³-hybridized carbons (Fsp3) is 0.778. The van der Waals surface area contributed by atoms with E-state index in [2.05, 4.69) is 0 Å². The minimum Gasteiger partial charge on any atom is -0.481 e. The number of carboxylic acids is 1. The van der Waals surface area contributed by atoms with E-state index in [1.165, 1.54) is 4.90 Å². The summed E-state index contributed by atoms with van der Waals surface area (Å²) in [6.07, 6.45) is 1.70. The summed E-state index contributed by atoms with van der Waals surface area (Å²) in [6.45, 7) is 2.80. The molecule has 14 heavy (non-hydrogen) atoms. The molecule has 1 aliphatic heterocycles. The summed E-state index contributed by atoms with van der Waals surface area (Å²) >= 11 is 0. The Kier molecular flexibility index (Phi) is 3.33. The first-order chi connectivity index (χ1) is 6.52. The van der Waals surface area contributed by atoms with E-state index in [1.807, 2.05) is 0 Å². The van der Waals surface area contributed by atoms with E-state index in [1.54, 1.807) is 6.92 Å². The third-order valence-electron chi connectivity index (χ3n) is 2.87. The highest BCUT2D eigenvalue weighted by Gasteiger charge is 2.29. The van der Waals surface area contributed by atoms with Crippen molar-refractivity contribution >= 4 is 12.0 Å². The average Bonchev–Trinajstić information content (AvgIpc) is 2.16. The van der Waals surface area contributed by atoms with Crippen LogP contribution in [0.3, 0.4) is 0 Å². The molecule has 0 aliphatic carbocycles. The normalized spacial score (nSPS) is 24.4. The Balaban J connectivity index is 2.55. The third-order valence-corrected chi connectivity index (χ3v) is 2.87. The Labute approximate surface area is 82.9 Å². The average molecular weight is 200 g/mol. The molecule has 0 aromatic carbocycles. The van der Waals surface area contributed by atoms with Gasteiger partial charge in [0.1, 0.15) is 0 Å². The number of rotatable bonds is 2. The summed E-state index contributed by atoms with van der Waals surface area (Å²) in [6, 6.07) is -0.452. The van der Waals surface area contributed by atoms with Crippen LogP contribution in [0.15, 0.2) is 0 Å². The van der Waals surface area contributed by atoms with E-state index in [0.717, 1.165) is 12.8 Å². The number of urea groups is 1. The highest BCUT2D eigenvalue weighted by molar-refractivity contribution is 5.73. The summed E-state index contributed by atoms with van der Waals surface area (Å²) in [4.78, 5) is 23.2. The first-order valence-electron chi connectivity index (χ1n) is 4.79. The van der Waals surface area contributed by atoms with Gasteiger partial charge >= 0.3 is 12.0 Å². The van der Waals surface area contributed by atoms with Crippen LogP contribution in [-0.2, 0) is 4.79 Å². The van der Waals surface area contributed by atoms with Gasteiger partial charge in [-0.05, 0) is 18.8 Å². The second-order valence-corrected chi connectivity index (χ2v) is 3.81. The van der Waals surface area contributed by atoms with Gasteiger partial charge in [-0.2, -0.15) is 0 Å². The van der Waals surface area contributed by atoms with Crippen molar-refractivity contribution in [3.63, 3.8) is 0 Å². The van der Waals surface area contributed by atoms with Crippen LogP contribution in [0.25, 0.3) is 0 Å². The van der Waals surface area contributed by atoms with Gasteiger partial charge in [0.05, 0.1) is 5.92 Å². The molecule has 0 saturated carbocycles. The fourth-order valence-electron chi connectivity index (χ4n) is 1.82. The SMILES string of the molecule is CC(C(=O)O)C1CCCN(C(N)=O)C1. The van der Waals surface area contributed by atoms with Crippen molar-refractivity contribution in [3.8, 4) is 0 Å². The predicted octanol–water partition coefficient (Wildman–Crippen LogP) is 0.498. The minimum absolute atomic E-state index is 0.0359. The number of carboxylic acid groups (broad SMARTS) is 1. The van der Waals surface area contributed by atoms with Crippen molar-refractivity contribution < 1.29 is 14.7 Å². The number of aliphatic carboxylic acids is 1. The molecule has 2 unspecified atom stereocenters. The Bertz CT molecular complexity index is 230. The molecular weight excluding hydrogens is 184 g/mol. The number of carbonyl (C=O) groups excluding carboxylic acids is 1. The van der Waals surface area contributed by atoms with Crippen LogP contribution in [0.2, 0.25) is 0 Å². The van der Waals surface area contributed by atoms with E-state index in [0.29, 0.717) is 13.1 Å². The van der Waals surface area contributed by atoms with Crippen LogP contribution in [0, 0.1) is 11.8 Å². The van der Waals surface area contributed by atoms with Crippen molar-refractivity contribution in [1.82, 2.24) is 4.90 Å². The number of hydrogen-bond donors (Lipinski definition) is 2. The van der Waals surface area contributed by atoms with Crippen molar-refractivity contribution in [2.45, 2.75) is 19.8 Å². The minimum atomic E-state index is -0.804. The molecule has 5 heteroatoms. The maximum Gasteiger partial charge on any atom is 0.314 e. The van der Waals surface area contributed by atoms with Crippen LogP contribution in [0.5, 0.6) is 0 Å². The van der Waals surface area contributed by atoms with Gasteiger partial charge in [0.15, 0.2) is 0 Å². The number of nitrogens with zero attached hydrogens (tertiary/aromatic N) is 1. The van der Waals surface area contributed by atoms with Crippen LogP contribution >= 0.6 is 0 Å². The quantitative estimate of drug-likeness (QED) is 0.680. The van der Waals surface area contributed by atoms with Gasteiger partial charge < -0.3 is 15.7 Å². The molecule has 1 heterocycles. The summed E-state index contributed by atoms with van der Waals surface area (Å²) in [7, 11) is 0.